The fourth-order valence-electron chi connectivity index (χ4n) is 2.51. The first-order valence-corrected chi connectivity index (χ1v) is 6.00. The minimum Gasteiger partial charge on any atom is -0.350 e. The van der Waals surface area contributed by atoms with Crippen molar-refractivity contribution in [3.63, 3.8) is 0 Å². The van der Waals surface area contributed by atoms with Crippen molar-refractivity contribution in [2.75, 3.05) is 13.2 Å². The van der Waals surface area contributed by atoms with Crippen LogP contribution < -0.4 is 0 Å². The van der Waals surface area contributed by atoms with Gasteiger partial charge in [-0.15, -0.1) is 0 Å². The van der Waals surface area contributed by atoms with Crippen molar-refractivity contribution in [1.82, 2.24) is 0 Å². The number of hydrogen-bond donors (Lipinski definition) is 0. The van der Waals surface area contributed by atoms with E-state index >= 15 is 0 Å². The van der Waals surface area contributed by atoms with Gasteiger partial charge in [0.2, 0.25) is 0 Å². The van der Waals surface area contributed by atoms with E-state index in [-0.39, 0.29) is 5.92 Å². The van der Waals surface area contributed by atoms with Crippen LogP contribution in [0.1, 0.15) is 46.0 Å². The van der Waals surface area contributed by atoms with E-state index < -0.39 is 5.79 Å². The van der Waals surface area contributed by atoms with Crippen molar-refractivity contribution >= 4 is 6.29 Å². The zero-order chi connectivity index (χ0) is 11.1. The Labute approximate surface area is 92.1 Å². The van der Waals surface area contributed by atoms with E-state index in [1.54, 1.807) is 0 Å². The molecule has 0 spiro atoms. The zero-order valence-electron chi connectivity index (χ0n) is 9.83. The average molecular weight is 214 g/mol. The van der Waals surface area contributed by atoms with E-state index in [2.05, 4.69) is 0 Å². The molecule has 0 aliphatic heterocycles. The van der Waals surface area contributed by atoms with E-state index in [0.29, 0.717) is 19.6 Å². The number of ether oxygens (including phenoxy) is 2. The third-order valence-corrected chi connectivity index (χ3v) is 3.11. The molecule has 1 saturated carbocycles. The van der Waals surface area contributed by atoms with Crippen LogP contribution in [0.15, 0.2) is 0 Å². The molecule has 3 heteroatoms. The molecule has 1 atom stereocenters. The van der Waals surface area contributed by atoms with E-state index in [0.717, 1.165) is 25.5 Å². The lowest BCUT2D eigenvalue weighted by atomic mass is 9.81. The Hall–Kier alpha value is -0.410. The summed E-state index contributed by atoms with van der Waals surface area (Å²) >= 11 is 0. The number of carbonyl (C=O) groups excluding carboxylic acids is 1. The molecule has 0 radical (unpaired) electrons. The SMILES string of the molecule is CCOC1(OCC)CCCCC1CC=O. The third-order valence-electron chi connectivity index (χ3n) is 3.11. The summed E-state index contributed by atoms with van der Waals surface area (Å²) in [7, 11) is 0. The van der Waals surface area contributed by atoms with Gasteiger partial charge in [-0.1, -0.05) is 6.42 Å². The standard InChI is InChI=1S/C12H22O3/c1-3-14-12(15-4-2)9-6-5-7-11(12)8-10-13/h10-11H,3-9H2,1-2H3. The third kappa shape index (κ3) is 3.02. The summed E-state index contributed by atoms with van der Waals surface area (Å²) in [5, 5.41) is 0. The lowest BCUT2D eigenvalue weighted by Gasteiger charge is -2.42. The molecule has 88 valence electrons. The second kappa shape index (κ2) is 6.23. The normalized spacial score (nSPS) is 25.1. The lowest BCUT2D eigenvalue weighted by molar-refractivity contribution is -0.276. The number of rotatable bonds is 6. The Balaban J connectivity index is 2.72. The van der Waals surface area contributed by atoms with Gasteiger partial charge in [0.05, 0.1) is 0 Å². The number of hydrogen-bond acceptors (Lipinski definition) is 3. The van der Waals surface area contributed by atoms with E-state index in [1.165, 1.54) is 6.42 Å². The molecule has 1 rings (SSSR count). The molecule has 0 N–H and O–H groups in total. The summed E-state index contributed by atoms with van der Waals surface area (Å²) in [6.45, 7) is 5.26. The van der Waals surface area contributed by atoms with Gasteiger partial charge in [-0.3, -0.25) is 0 Å². The van der Waals surface area contributed by atoms with Crippen LogP contribution in [0.3, 0.4) is 0 Å². The van der Waals surface area contributed by atoms with Gasteiger partial charge >= 0.3 is 0 Å². The van der Waals surface area contributed by atoms with Gasteiger partial charge in [0.25, 0.3) is 0 Å². The molecule has 0 aromatic rings. The van der Waals surface area contributed by atoms with Crippen LogP contribution in [0.25, 0.3) is 0 Å². The van der Waals surface area contributed by atoms with Gasteiger partial charge < -0.3 is 14.3 Å². The van der Waals surface area contributed by atoms with Gasteiger partial charge in [-0.05, 0) is 26.7 Å². The highest BCUT2D eigenvalue weighted by Crippen LogP contribution is 2.39. The Kier molecular flexibility index (Phi) is 5.26. The Morgan fingerprint density at radius 2 is 1.93 bits per heavy atom. The first-order valence-electron chi connectivity index (χ1n) is 6.00. The van der Waals surface area contributed by atoms with E-state index in [1.807, 2.05) is 13.8 Å². The molecule has 0 amide bonds. The second-order valence-corrected chi connectivity index (χ2v) is 4.02. The summed E-state index contributed by atoms with van der Waals surface area (Å²) in [4.78, 5) is 10.7. The summed E-state index contributed by atoms with van der Waals surface area (Å²) < 4.78 is 11.6. The molecule has 1 aliphatic rings. The maximum absolute atomic E-state index is 10.7. The van der Waals surface area contributed by atoms with Crippen molar-refractivity contribution in [2.45, 2.75) is 51.7 Å². The van der Waals surface area contributed by atoms with Crippen molar-refractivity contribution in [2.24, 2.45) is 5.92 Å². The van der Waals surface area contributed by atoms with Gasteiger partial charge in [-0.2, -0.15) is 0 Å². The van der Waals surface area contributed by atoms with Crippen LogP contribution in [0, 0.1) is 5.92 Å². The molecule has 15 heavy (non-hydrogen) atoms. The second-order valence-electron chi connectivity index (χ2n) is 4.02. The predicted octanol–water partition coefficient (Wildman–Crippen LogP) is 2.53. The van der Waals surface area contributed by atoms with Gasteiger partial charge in [-0.25, -0.2) is 0 Å². The smallest absolute Gasteiger partial charge is 0.171 e. The molecule has 0 saturated heterocycles. The fraction of sp³-hybridized carbons (Fsp3) is 0.917. The molecule has 1 unspecified atom stereocenters. The van der Waals surface area contributed by atoms with Crippen LogP contribution in [0.5, 0.6) is 0 Å². The molecule has 0 aromatic heterocycles. The van der Waals surface area contributed by atoms with Gasteiger partial charge in [0.1, 0.15) is 6.29 Å². The van der Waals surface area contributed by atoms with Gasteiger partial charge in [0, 0.05) is 32.0 Å². The van der Waals surface area contributed by atoms with Crippen LogP contribution in [0.4, 0.5) is 0 Å². The Morgan fingerprint density at radius 1 is 1.27 bits per heavy atom. The molecule has 0 heterocycles. The van der Waals surface area contributed by atoms with Crippen molar-refractivity contribution in [3.05, 3.63) is 0 Å². The maximum Gasteiger partial charge on any atom is 0.171 e. The summed E-state index contributed by atoms with van der Waals surface area (Å²) in [5.74, 6) is -0.244. The van der Waals surface area contributed by atoms with Crippen molar-refractivity contribution in [1.29, 1.82) is 0 Å². The molecule has 1 aliphatic carbocycles. The van der Waals surface area contributed by atoms with Crippen LogP contribution in [-0.4, -0.2) is 25.3 Å². The highest BCUT2D eigenvalue weighted by Gasteiger charge is 2.41. The van der Waals surface area contributed by atoms with Crippen LogP contribution in [-0.2, 0) is 14.3 Å². The summed E-state index contributed by atoms with van der Waals surface area (Å²) in [6, 6.07) is 0. The first-order chi connectivity index (χ1) is 7.29. The minimum absolute atomic E-state index is 0.239. The largest absolute Gasteiger partial charge is 0.350 e. The number of carbonyl (C=O) groups is 1. The van der Waals surface area contributed by atoms with Crippen LogP contribution in [0.2, 0.25) is 0 Å². The van der Waals surface area contributed by atoms with Crippen molar-refractivity contribution in [3.8, 4) is 0 Å². The Morgan fingerprint density at radius 3 is 2.47 bits per heavy atom. The van der Waals surface area contributed by atoms with Crippen LogP contribution >= 0.6 is 0 Å². The molecule has 1 fully saturated rings. The van der Waals surface area contributed by atoms with E-state index in [9.17, 15) is 4.79 Å². The monoisotopic (exact) mass is 214 g/mol. The summed E-state index contributed by atoms with van der Waals surface area (Å²) in [6.07, 6.45) is 5.82. The first kappa shape index (κ1) is 12.7. The Bertz CT molecular complexity index is 180. The lowest BCUT2D eigenvalue weighted by Crippen LogP contribution is -2.46. The molecular formula is C12H22O3. The zero-order valence-corrected chi connectivity index (χ0v) is 9.83. The minimum atomic E-state index is -0.483. The highest BCUT2D eigenvalue weighted by molar-refractivity contribution is 5.50. The summed E-state index contributed by atoms with van der Waals surface area (Å²) in [5.41, 5.74) is 0. The molecule has 0 bridgehead atoms. The maximum atomic E-state index is 10.7. The van der Waals surface area contributed by atoms with Crippen molar-refractivity contribution < 1.29 is 14.3 Å². The fourth-order valence-corrected chi connectivity index (χ4v) is 2.51. The average Bonchev–Trinajstić information content (AvgIpc) is 2.23. The highest BCUT2D eigenvalue weighted by atomic mass is 16.7. The topological polar surface area (TPSA) is 35.5 Å². The molecule has 3 nitrogen and oxygen atoms in total. The van der Waals surface area contributed by atoms with E-state index in [4.69, 9.17) is 9.47 Å². The quantitative estimate of drug-likeness (QED) is 0.503. The molecule has 0 aromatic carbocycles. The van der Waals surface area contributed by atoms with Gasteiger partial charge in [0.15, 0.2) is 5.79 Å². The predicted molar refractivity (Wildman–Crippen MR) is 58.6 cm³/mol. The number of aldehydes is 1. The molecular weight excluding hydrogens is 192 g/mol.